The van der Waals surface area contributed by atoms with Crippen LogP contribution in [0.15, 0.2) is 41.9 Å². The van der Waals surface area contributed by atoms with Crippen molar-refractivity contribution in [2.24, 2.45) is 5.34 Å². The molecule has 0 radical (unpaired) electrons. The van der Waals surface area contributed by atoms with Gasteiger partial charge in [-0.15, -0.1) is 4.91 Å². The van der Waals surface area contributed by atoms with Gasteiger partial charge in [0.1, 0.15) is 11.4 Å². The van der Waals surface area contributed by atoms with E-state index in [4.69, 9.17) is 10.5 Å². The third-order valence-electron chi connectivity index (χ3n) is 4.23. The van der Waals surface area contributed by atoms with E-state index in [1.54, 1.807) is 24.4 Å². The number of rotatable bonds is 7. The van der Waals surface area contributed by atoms with Gasteiger partial charge in [-0.1, -0.05) is 12.1 Å². The lowest BCUT2D eigenvalue weighted by Gasteiger charge is -2.23. The Morgan fingerprint density at radius 2 is 2.19 bits per heavy atom. The number of ether oxygens (including phenoxy) is 1. The largest absolute Gasteiger partial charge is 0.399 e. The molecule has 0 spiro atoms. The maximum atomic E-state index is 12.1. The van der Waals surface area contributed by atoms with Crippen molar-refractivity contribution >= 4 is 17.5 Å². The first-order valence-corrected chi connectivity index (χ1v) is 8.63. The van der Waals surface area contributed by atoms with Crippen LogP contribution in [0.1, 0.15) is 16.8 Å². The Hall–Kier alpha value is -3.04. The summed E-state index contributed by atoms with van der Waals surface area (Å²) in [5.74, 6) is -0.542. The minimum atomic E-state index is -0.868. The highest BCUT2D eigenvalue weighted by molar-refractivity contribution is 5.96. The van der Waals surface area contributed by atoms with Crippen LogP contribution in [0.25, 0.3) is 11.1 Å². The molecule has 1 aliphatic rings. The van der Waals surface area contributed by atoms with Gasteiger partial charge in [0.25, 0.3) is 0 Å². The highest BCUT2D eigenvalue weighted by atomic mass is 16.7. The van der Waals surface area contributed by atoms with Crippen LogP contribution in [0.2, 0.25) is 0 Å². The van der Waals surface area contributed by atoms with Gasteiger partial charge < -0.3 is 21.1 Å². The van der Waals surface area contributed by atoms with Crippen LogP contribution < -0.4 is 16.4 Å². The van der Waals surface area contributed by atoms with Gasteiger partial charge in [0, 0.05) is 37.1 Å². The minimum Gasteiger partial charge on any atom is -0.399 e. The molecule has 1 atom stereocenters. The van der Waals surface area contributed by atoms with Gasteiger partial charge in [-0.2, -0.15) is 0 Å². The standard InChI is InChI=1S/C18H21N5O4/c19-14-3-1-12(2-4-14)13-9-16(18(24)27-23-25)17(22-10-13)21-6-5-15-11-20-7-8-26-15/h1-4,9-10,15,20H,5-8,11,19H2,(H,21,22). The van der Waals surface area contributed by atoms with E-state index >= 15 is 0 Å². The fourth-order valence-electron chi connectivity index (χ4n) is 2.83. The average molecular weight is 371 g/mol. The lowest BCUT2D eigenvalue weighted by Crippen LogP contribution is -2.39. The first-order valence-electron chi connectivity index (χ1n) is 8.63. The van der Waals surface area contributed by atoms with E-state index < -0.39 is 5.97 Å². The molecule has 1 aromatic carbocycles. The summed E-state index contributed by atoms with van der Waals surface area (Å²) in [7, 11) is 0. The molecule has 1 saturated heterocycles. The van der Waals surface area contributed by atoms with Crippen LogP contribution in [0, 0.1) is 4.91 Å². The summed E-state index contributed by atoms with van der Waals surface area (Å²) in [6.07, 6.45) is 2.49. The van der Waals surface area contributed by atoms with Crippen molar-refractivity contribution in [3.05, 3.63) is 47.0 Å². The smallest absolute Gasteiger partial charge is 0.373 e. The zero-order chi connectivity index (χ0) is 19.1. The fourth-order valence-corrected chi connectivity index (χ4v) is 2.83. The molecule has 1 aliphatic heterocycles. The number of nitrogens with one attached hydrogen (secondary N) is 2. The molecule has 1 unspecified atom stereocenters. The zero-order valence-corrected chi connectivity index (χ0v) is 14.7. The van der Waals surface area contributed by atoms with Crippen molar-refractivity contribution in [2.45, 2.75) is 12.5 Å². The molecular weight excluding hydrogens is 350 g/mol. The van der Waals surface area contributed by atoms with Crippen molar-refractivity contribution in [1.82, 2.24) is 10.3 Å². The molecule has 3 rings (SSSR count). The molecule has 1 aromatic heterocycles. The summed E-state index contributed by atoms with van der Waals surface area (Å²) in [5.41, 5.74) is 7.99. The Bertz CT molecular complexity index is 791. The molecule has 27 heavy (non-hydrogen) atoms. The van der Waals surface area contributed by atoms with Gasteiger partial charge in [0.05, 0.1) is 12.7 Å². The molecule has 2 aromatic rings. The lowest BCUT2D eigenvalue weighted by molar-refractivity contribution is 0.0258. The lowest BCUT2D eigenvalue weighted by atomic mass is 10.1. The molecule has 142 valence electrons. The summed E-state index contributed by atoms with van der Waals surface area (Å²) in [5, 5.41) is 8.59. The predicted octanol–water partition coefficient (Wildman–Crippen LogP) is 1.96. The van der Waals surface area contributed by atoms with E-state index in [0.29, 0.717) is 30.2 Å². The summed E-state index contributed by atoms with van der Waals surface area (Å²) in [6.45, 7) is 2.87. The van der Waals surface area contributed by atoms with Crippen LogP contribution in [0.4, 0.5) is 11.5 Å². The number of hydrogen-bond donors (Lipinski definition) is 3. The fraction of sp³-hybridized carbons (Fsp3) is 0.333. The maximum absolute atomic E-state index is 12.1. The van der Waals surface area contributed by atoms with Gasteiger partial charge in [0.15, 0.2) is 5.34 Å². The Kier molecular flexibility index (Phi) is 6.29. The van der Waals surface area contributed by atoms with Crippen LogP contribution in [0.5, 0.6) is 0 Å². The molecule has 0 bridgehead atoms. The molecule has 1 fully saturated rings. The SMILES string of the molecule is Nc1ccc(-c2cnc(NCCC3CNCCO3)c(C(=O)ON=O)c2)cc1. The van der Waals surface area contributed by atoms with E-state index in [0.717, 1.165) is 25.1 Å². The van der Waals surface area contributed by atoms with Crippen molar-refractivity contribution < 1.29 is 14.4 Å². The maximum Gasteiger partial charge on any atom is 0.373 e. The van der Waals surface area contributed by atoms with Gasteiger partial charge in [-0.05, 0) is 30.2 Å². The second-order valence-electron chi connectivity index (χ2n) is 6.11. The van der Waals surface area contributed by atoms with Crippen LogP contribution in [-0.2, 0) is 9.57 Å². The summed E-state index contributed by atoms with van der Waals surface area (Å²) in [6, 6.07) is 8.75. The molecule has 2 heterocycles. The van der Waals surface area contributed by atoms with E-state index in [2.05, 4.69) is 25.8 Å². The van der Waals surface area contributed by atoms with Crippen molar-refractivity contribution in [1.29, 1.82) is 0 Å². The van der Waals surface area contributed by atoms with E-state index in [1.165, 1.54) is 0 Å². The number of benzene rings is 1. The number of aromatic nitrogens is 1. The van der Waals surface area contributed by atoms with Crippen molar-refractivity contribution in [2.75, 3.05) is 37.3 Å². The Morgan fingerprint density at radius 3 is 2.89 bits per heavy atom. The number of morpholine rings is 1. The van der Waals surface area contributed by atoms with E-state index in [-0.39, 0.29) is 11.7 Å². The Labute approximate surface area is 156 Å². The quantitative estimate of drug-likeness (QED) is 0.383. The topological polar surface area (TPSA) is 128 Å². The third-order valence-corrected chi connectivity index (χ3v) is 4.23. The number of pyridine rings is 1. The summed E-state index contributed by atoms with van der Waals surface area (Å²) >= 11 is 0. The van der Waals surface area contributed by atoms with Crippen LogP contribution in [0.3, 0.4) is 0 Å². The number of nitrogen functional groups attached to an aromatic ring is 1. The minimum absolute atomic E-state index is 0.104. The first kappa shape index (κ1) is 18.7. The Morgan fingerprint density at radius 1 is 1.37 bits per heavy atom. The number of carbonyl (C=O) groups excluding carboxylic acids is 1. The first-order chi connectivity index (χ1) is 13.2. The Balaban J connectivity index is 1.76. The van der Waals surface area contributed by atoms with Gasteiger partial charge in [0.2, 0.25) is 0 Å². The molecule has 0 saturated carbocycles. The van der Waals surface area contributed by atoms with Gasteiger partial charge in [-0.25, -0.2) is 9.78 Å². The highest BCUT2D eigenvalue weighted by Gasteiger charge is 2.18. The molecule has 9 nitrogen and oxygen atoms in total. The van der Waals surface area contributed by atoms with E-state index in [9.17, 15) is 9.70 Å². The third kappa shape index (κ3) is 4.99. The van der Waals surface area contributed by atoms with Gasteiger partial charge in [-0.3, -0.25) is 4.84 Å². The monoisotopic (exact) mass is 371 g/mol. The summed E-state index contributed by atoms with van der Waals surface area (Å²) in [4.78, 5) is 31.0. The number of carbonyl (C=O) groups is 1. The second kappa shape index (κ2) is 9.06. The number of nitrogens with zero attached hydrogens (tertiary/aromatic N) is 2. The number of anilines is 2. The van der Waals surface area contributed by atoms with Crippen molar-refractivity contribution in [3.63, 3.8) is 0 Å². The van der Waals surface area contributed by atoms with Gasteiger partial charge >= 0.3 is 5.97 Å². The van der Waals surface area contributed by atoms with Crippen LogP contribution in [-0.4, -0.2) is 43.3 Å². The molecule has 4 N–H and O–H groups in total. The molecule has 9 heteroatoms. The molecule has 0 aliphatic carbocycles. The van der Waals surface area contributed by atoms with Crippen LogP contribution >= 0.6 is 0 Å². The number of nitrogens with two attached hydrogens (primary N) is 1. The van der Waals surface area contributed by atoms with E-state index in [1.807, 2.05) is 12.1 Å². The summed E-state index contributed by atoms with van der Waals surface area (Å²) < 4.78 is 5.64. The molecule has 0 amide bonds. The highest BCUT2D eigenvalue weighted by Crippen LogP contribution is 2.25. The second-order valence-corrected chi connectivity index (χ2v) is 6.11. The normalized spacial score (nSPS) is 16.5. The zero-order valence-electron chi connectivity index (χ0n) is 14.7. The average Bonchev–Trinajstić information content (AvgIpc) is 2.70. The molecular formula is C18H21N5O4. The number of hydrogen-bond acceptors (Lipinski definition) is 9. The predicted molar refractivity (Wildman–Crippen MR) is 101 cm³/mol. The van der Waals surface area contributed by atoms with Crippen molar-refractivity contribution in [3.8, 4) is 11.1 Å².